The molecule has 0 unspecified atom stereocenters. The van der Waals surface area contributed by atoms with E-state index in [0.29, 0.717) is 11.1 Å². The molecule has 2 rings (SSSR count). The zero-order chi connectivity index (χ0) is 14.7. The first-order valence-corrected chi connectivity index (χ1v) is 7.82. The average molecular weight is 361 g/mol. The largest absolute Gasteiger partial charge is 0.382 e. The molecule has 0 atom stereocenters. The molecule has 1 aromatic carbocycles. The zero-order valence-corrected chi connectivity index (χ0v) is 14.0. The van der Waals surface area contributed by atoms with Crippen LogP contribution in [0, 0.1) is 0 Å². The molecule has 20 heavy (non-hydrogen) atoms. The van der Waals surface area contributed by atoms with Crippen LogP contribution in [0.5, 0.6) is 0 Å². The number of halogens is 2. The van der Waals surface area contributed by atoms with E-state index in [9.17, 15) is 4.79 Å². The van der Waals surface area contributed by atoms with E-state index in [1.807, 2.05) is 23.1 Å². The van der Waals surface area contributed by atoms with E-state index in [2.05, 4.69) is 21.2 Å². The van der Waals surface area contributed by atoms with Crippen molar-refractivity contribution in [3.05, 3.63) is 27.7 Å². The summed E-state index contributed by atoms with van der Waals surface area (Å²) in [6, 6.07) is 6.33. The van der Waals surface area contributed by atoms with Gasteiger partial charge >= 0.3 is 6.03 Å². The van der Waals surface area contributed by atoms with Crippen molar-refractivity contribution in [2.45, 2.75) is 18.9 Å². The summed E-state index contributed by atoms with van der Waals surface area (Å²) in [5.41, 5.74) is 1.05. The normalized spacial score (nSPS) is 16.1. The number of nitrogens with zero attached hydrogens (tertiary/aromatic N) is 2. The third-order valence-electron chi connectivity index (χ3n) is 3.44. The Labute approximate surface area is 133 Å². The van der Waals surface area contributed by atoms with Gasteiger partial charge in [-0.05, 0) is 47.0 Å². The molecule has 1 aromatic rings. The number of urea groups is 1. The first-order chi connectivity index (χ1) is 9.47. The van der Waals surface area contributed by atoms with Gasteiger partial charge in [-0.2, -0.15) is 0 Å². The number of carbonyl (C=O) groups excluding carboxylic acids is 1. The van der Waals surface area contributed by atoms with Gasteiger partial charge in [-0.25, -0.2) is 4.79 Å². The molecule has 1 fully saturated rings. The summed E-state index contributed by atoms with van der Waals surface area (Å²) in [5.74, 6) is 0. The molecule has 0 saturated carbocycles. The number of benzene rings is 1. The predicted octanol–water partition coefficient (Wildman–Crippen LogP) is 3.66. The minimum Gasteiger partial charge on any atom is -0.382 e. The van der Waals surface area contributed by atoms with Gasteiger partial charge in [0.1, 0.15) is 0 Å². The standard InChI is InChI=1S/C14H19BrClN3O/c1-18(2)14(20)19-7-5-10(6-8-19)17-11-3-4-13(16)12(15)9-11/h3-4,9-10,17H,5-8H2,1-2H3. The number of nitrogens with one attached hydrogen (secondary N) is 1. The third kappa shape index (κ3) is 3.79. The second-order valence-electron chi connectivity index (χ2n) is 5.21. The molecule has 1 heterocycles. The Bertz CT molecular complexity index is 487. The molecule has 1 N–H and O–H groups in total. The second-order valence-corrected chi connectivity index (χ2v) is 6.47. The molecule has 6 heteroatoms. The summed E-state index contributed by atoms with van der Waals surface area (Å²) < 4.78 is 0.893. The maximum atomic E-state index is 11.9. The van der Waals surface area contributed by atoms with E-state index in [4.69, 9.17) is 11.6 Å². The maximum absolute atomic E-state index is 11.9. The number of likely N-dealkylation sites (tertiary alicyclic amines) is 1. The van der Waals surface area contributed by atoms with E-state index in [1.54, 1.807) is 19.0 Å². The quantitative estimate of drug-likeness (QED) is 0.873. The van der Waals surface area contributed by atoms with E-state index < -0.39 is 0 Å². The highest BCUT2D eigenvalue weighted by Crippen LogP contribution is 2.27. The van der Waals surface area contributed by atoms with Gasteiger partial charge in [-0.1, -0.05) is 11.6 Å². The van der Waals surface area contributed by atoms with Crippen LogP contribution >= 0.6 is 27.5 Å². The van der Waals surface area contributed by atoms with Crippen LogP contribution in [-0.2, 0) is 0 Å². The smallest absolute Gasteiger partial charge is 0.319 e. The van der Waals surface area contributed by atoms with Crippen molar-refractivity contribution >= 4 is 39.2 Å². The number of anilines is 1. The van der Waals surface area contributed by atoms with Crippen LogP contribution in [0.25, 0.3) is 0 Å². The fourth-order valence-corrected chi connectivity index (χ4v) is 2.82. The Morgan fingerprint density at radius 1 is 1.40 bits per heavy atom. The molecule has 1 aliphatic heterocycles. The van der Waals surface area contributed by atoms with Crippen LogP contribution < -0.4 is 5.32 Å². The lowest BCUT2D eigenvalue weighted by Crippen LogP contribution is -2.46. The van der Waals surface area contributed by atoms with Crippen LogP contribution in [0.3, 0.4) is 0 Å². The molecule has 1 aliphatic rings. The van der Waals surface area contributed by atoms with Crippen LogP contribution in [0.15, 0.2) is 22.7 Å². The number of rotatable bonds is 2. The van der Waals surface area contributed by atoms with Gasteiger partial charge in [0, 0.05) is 43.4 Å². The van der Waals surface area contributed by atoms with Crippen molar-refractivity contribution in [3.8, 4) is 0 Å². The van der Waals surface area contributed by atoms with Gasteiger partial charge in [0.15, 0.2) is 0 Å². The Balaban J connectivity index is 1.88. The highest BCUT2D eigenvalue weighted by Gasteiger charge is 2.23. The third-order valence-corrected chi connectivity index (χ3v) is 4.65. The number of hydrogen-bond acceptors (Lipinski definition) is 2. The summed E-state index contributed by atoms with van der Waals surface area (Å²) in [5, 5.41) is 4.21. The van der Waals surface area contributed by atoms with E-state index in [0.717, 1.165) is 36.1 Å². The molecule has 1 saturated heterocycles. The first kappa shape index (κ1) is 15.4. The van der Waals surface area contributed by atoms with E-state index in [1.165, 1.54) is 0 Å². The molecular formula is C14H19BrClN3O. The maximum Gasteiger partial charge on any atom is 0.319 e. The van der Waals surface area contributed by atoms with Crippen molar-refractivity contribution < 1.29 is 4.79 Å². The van der Waals surface area contributed by atoms with E-state index in [-0.39, 0.29) is 6.03 Å². The van der Waals surface area contributed by atoms with Crippen molar-refractivity contribution in [1.82, 2.24) is 9.80 Å². The van der Waals surface area contributed by atoms with Crippen molar-refractivity contribution in [1.29, 1.82) is 0 Å². The van der Waals surface area contributed by atoms with Gasteiger partial charge in [0.2, 0.25) is 0 Å². The molecule has 0 aliphatic carbocycles. The number of amides is 2. The van der Waals surface area contributed by atoms with Crippen molar-refractivity contribution in [2.24, 2.45) is 0 Å². The molecule has 2 amide bonds. The molecule has 0 radical (unpaired) electrons. The fraction of sp³-hybridized carbons (Fsp3) is 0.500. The van der Waals surface area contributed by atoms with Gasteiger partial charge in [-0.15, -0.1) is 0 Å². The number of piperidine rings is 1. The SMILES string of the molecule is CN(C)C(=O)N1CCC(Nc2ccc(Cl)c(Br)c2)CC1. The van der Waals surface area contributed by atoms with Crippen molar-refractivity contribution in [3.63, 3.8) is 0 Å². The molecule has 0 aromatic heterocycles. The van der Waals surface area contributed by atoms with Crippen molar-refractivity contribution in [2.75, 3.05) is 32.5 Å². The minimum absolute atomic E-state index is 0.0951. The highest BCUT2D eigenvalue weighted by molar-refractivity contribution is 9.10. The predicted molar refractivity (Wildman–Crippen MR) is 86.5 cm³/mol. The monoisotopic (exact) mass is 359 g/mol. The zero-order valence-electron chi connectivity index (χ0n) is 11.7. The van der Waals surface area contributed by atoms with Crippen LogP contribution in [0.2, 0.25) is 5.02 Å². The topological polar surface area (TPSA) is 35.6 Å². The van der Waals surface area contributed by atoms with Gasteiger partial charge < -0.3 is 15.1 Å². The highest BCUT2D eigenvalue weighted by atomic mass is 79.9. The van der Waals surface area contributed by atoms with Gasteiger partial charge in [0.25, 0.3) is 0 Å². The molecule has 110 valence electrons. The molecular weight excluding hydrogens is 342 g/mol. The molecule has 4 nitrogen and oxygen atoms in total. The van der Waals surface area contributed by atoms with Crippen LogP contribution in [0.4, 0.5) is 10.5 Å². The Morgan fingerprint density at radius 2 is 2.05 bits per heavy atom. The van der Waals surface area contributed by atoms with Gasteiger partial charge in [0.05, 0.1) is 5.02 Å². The summed E-state index contributed by atoms with van der Waals surface area (Å²) in [6.45, 7) is 1.59. The lowest BCUT2D eigenvalue weighted by atomic mass is 10.0. The Kier molecular flexibility index (Phi) is 5.16. The van der Waals surface area contributed by atoms with Crippen LogP contribution in [-0.4, -0.2) is 49.1 Å². The second kappa shape index (κ2) is 6.68. The lowest BCUT2D eigenvalue weighted by Gasteiger charge is -2.34. The summed E-state index contributed by atoms with van der Waals surface area (Å²) >= 11 is 9.41. The molecule has 0 spiro atoms. The van der Waals surface area contributed by atoms with E-state index >= 15 is 0 Å². The lowest BCUT2D eigenvalue weighted by molar-refractivity contribution is 0.158. The van der Waals surface area contributed by atoms with Crippen LogP contribution in [0.1, 0.15) is 12.8 Å². The number of carbonyl (C=O) groups is 1. The summed E-state index contributed by atoms with van der Waals surface area (Å²) in [7, 11) is 3.58. The summed E-state index contributed by atoms with van der Waals surface area (Å²) in [4.78, 5) is 15.4. The Morgan fingerprint density at radius 3 is 2.60 bits per heavy atom. The fourth-order valence-electron chi connectivity index (χ4n) is 2.32. The number of hydrogen-bond donors (Lipinski definition) is 1. The molecule has 0 bridgehead atoms. The average Bonchev–Trinajstić information content (AvgIpc) is 2.43. The summed E-state index contributed by atoms with van der Waals surface area (Å²) in [6.07, 6.45) is 1.92. The minimum atomic E-state index is 0.0951. The van der Waals surface area contributed by atoms with Gasteiger partial charge in [-0.3, -0.25) is 0 Å². The first-order valence-electron chi connectivity index (χ1n) is 6.65. The Hall–Kier alpha value is -0.940.